The lowest BCUT2D eigenvalue weighted by atomic mass is 9.94. The van der Waals surface area contributed by atoms with Crippen LogP contribution in [0.2, 0.25) is 0 Å². The minimum Gasteiger partial charge on any atom is -0.477 e. The molecule has 3 aliphatic heterocycles. The zero-order valence-electron chi connectivity index (χ0n) is 13.0. The van der Waals surface area contributed by atoms with Crippen molar-refractivity contribution >= 4 is 17.7 Å². The van der Waals surface area contributed by atoms with Crippen molar-refractivity contribution < 1.29 is 19.4 Å². The van der Waals surface area contributed by atoms with Crippen LogP contribution in [-0.2, 0) is 9.53 Å². The normalized spacial score (nSPS) is 24.0. The summed E-state index contributed by atoms with van der Waals surface area (Å²) in [7, 11) is 1.62. The number of rotatable bonds is 5. The molecule has 23 heavy (non-hydrogen) atoms. The van der Waals surface area contributed by atoms with E-state index < -0.39 is 5.97 Å². The van der Waals surface area contributed by atoms with Crippen LogP contribution in [0.3, 0.4) is 0 Å². The zero-order chi connectivity index (χ0) is 16.4. The van der Waals surface area contributed by atoms with E-state index in [1.54, 1.807) is 7.11 Å². The van der Waals surface area contributed by atoms with Crippen LogP contribution < -0.4 is 4.90 Å². The monoisotopic (exact) mass is 320 g/mol. The third-order valence-corrected chi connectivity index (χ3v) is 4.55. The number of amides is 1. The molecule has 1 aromatic heterocycles. The summed E-state index contributed by atoms with van der Waals surface area (Å²) in [5, 5.41) is 9.33. The summed E-state index contributed by atoms with van der Waals surface area (Å²) >= 11 is 0. The van der Waals surface area contributed by atoms with Gasteiger partial charge in [-0.2, -0.15) is 0 Å². The van der Waals surface area contributed by atoms with Crippen LogP contribution in [0, 0.1) is 5.92 Å². The summed E-state index contributed by atoms with van der Waals surface area (Å²) in [5.74, 6) is -0.653. The number of carboxylic acids is 1. The molecule has 4 heterocycles. The van der Waals surface area contributed by atoms with E-state index in [1.165, 1.54) is 12.5 Å². The Morgan fingerprint density at radius 1 is 1.43 bits per heavy atom. The van der Waals surface area contributed by atoms with Gasteiger partial charge in [0, 0.05) is 39.0 Å². The fourth-order valence-electron chi connectivity index (χ4n) is 3.42. The first kappa shape index (κ1) is 15.7. The van der Waals surface area contributed by atoms with Crippen molar-refractivity contribution in [2.75, 3.05) is 38.3 Å². The maximum Gasteiger partial charge on any atom is 0.341 e. The molecular weight excluding hydrogens is 300 g/mol. The van der Waals surface area contributed by atoms with Crippen molar-refractivity contribution in [2.45, 2.75) is 18.9 Å². The van der Waals surface area contributed by atoms with E-state index in [1.807, 2.05) is 9.80 Å². The van der Waals surface area contributed by atoms with Crippen LogP contribution in [0.15, 0.2) is 12.5 Å². The second-order valence-corrected chi connectivity index (χ2v) is 5.92. The minimum atomic E-state index is -1.06. The fraction of sp³-hybridized carbons (Fsp3) is 0.600. The summed E-state index contributed by atoms with van der Waals surface area (Å²) in [6.07, 6.45) is 4.40. The summed E-state index contributed by atoms with van der Waals surface area (Å²) in [6, 6.07) is 0.0630. The van der Waals surface area contributed by atoms with Gasteiger partial charge in [-0.25, -0.2) is 14.8 Å². The van der Waals surface area contributed by atoms with Crippen LogP contribution in [0.25, 0.3) is 0 Å². The Labute approximate surface area is 134 Å². The minimum absolute atomic E-state index is 0.0630. The van der Waals surface area contributed by atoms with E-state index in [4.69, 9.17) is 4.74 Å². The Hall–Kier alpha value is -2.22. The standard InChI is InChI=1S/C15H20N4O4/c1-23-5-4-19-11-3-2-10(14(19)20)7-18(8-11)13-12(15(21)22)6-16-9-17-13/h6,9-11H,2-5,7-8H2,1H3,(H,21,22)/t10-,11+/m1/s1. The molecule has 8 heteroatoms. The summed E-state index contributed by atoms with van der Waals surface area (Å²) in [5.41, 5.74) is 0.0738. The second kappa shape index (κ2) is 6.49. The van der Waals surface area contributed by atoms with Gasteiger partial charge in [0.15, 0.2) is 0 Å². The van der Waals surface area contributed by atoms with E-state index in [2.05, 4.69) is 9.97 Å². The van der Waals surface area contributed by atoms with E-state index in [9.17, 15) is 14.7 Å². The number of hydrogen-bond acceptors (Lipinski definition) is 6. The van der Waals surface area contributed by atoms with Crippen molar-refractivity contribution in [1.82, 2.24) is 14.9 Å². The molecule has 1 N–H and O–H groups in total. The Morgan fingerprint density at radius 3 is 3.00 bits per heavy atom. The highest BCUT2D eigenvalue weighted by Gasteiger charge is 2.41. The maximum atomic E-state index is 12.6. The van der Waals surface area contributed by atoms with Gasteiger partial charge in [-0.1, -0.05) is 0 Å². The molecule has 3 saturated heterocycles. The molecule has 0 spiro atoms. The number of anilines is 1. The Balaban J connectivity index is 1.88. The highest BCUT2D eigenvalue weighted by Crippen LogP contribution is 2.31. The smallest absolute Gasteiger partial charge is 0.341 e. The molecule has 3 fully saturated rings. The van der Waals surface area contributed by atoms with Gasteiger partial charge in [-0.15, -0.1) is 0 Å². The lowest BCUT2D eigenvalue weighted by Gasteiger charge is -2.35. The van der Waals surface area contributed by atoms with Crippen molar-refractivity contribution in [3.63, 3.8) is 0 Å². The van der Waals surface area contributed by atoms with Crippen LogP contribution >= 0.6 is 0 Å². The number of aromatic nitrogens is 2. The predicted molar refractivity (Wildman–Crippen MR) is 81.3 cm³/mol. The molecule has 0 radical (unpaired) electrons. The summed E-state index contributed by atoms with van der Waals surface area (Å²) in [4.78, 5) is 35.7. The molecule has 1 amide bonds. The van der Waals surface area contributed by atoms with Gasteiger partial charge in [-0.05, 0) is 12.8 Å². The lowest BCUT2D eigenvalue weighted by molar-refractivity contribution is -0.140. The van der Waals surface area contributed by atoms with Gasteiger partial charge in [0.2, 0.25) is 5.91 Å². The number of carboxylic acid groups (broad SMARTS) is 1. The number of ether oxygens (including phenoxy) is 1. The molecule has 0 saturated carbocycles. The lowest BCUT2D eigenvalue weighted by Crippen LogP contribution is -2.49. The number of carbonyl (C=O) groups is 2. The second-order valence-electron chi connectivity index (χ2n) is 5.92. The average molecular weight is 320 g/mol. The average Bonchev–Trinajstić information content (AvgIpc) is 2.84. The first-order valence-electron chi connectivity index (χ1n) is 7.69. The van der Waals surface area contributed by atoms with Crippen molar-refractivity contribution in [3.8, 4) is 0 Å². The first-order chi connectivity index (χ1) is 11.1. The number of fused-ring (bicyclic) bond motifs is 4. The van der Waals surface area contributed by atoms with Crippen molar-refractivity contribution in [2.24, 2.45) is 5.92 Å². The van der Waals surface area contributed by atoms with Crippen LogP contribution in [-0.4, -0.2) is 71.2 Å². The molecule has 0 aromatic carbocycles. The molecule has 8 nitrogen and oxygen atoms in total. The third kappa shape index (κ3) is 2.98. The molecule has 1 aromatic rings. The highest BCUT2D eigenvalue weighted by atomic mass is 16.5. The predicted octanol–water partition coefficient (Wildman–Crippen LogP) is 0.248. The molecule has 0 aliphatic carbocycles. The molecule has 4 rings (SSSR count). The summed E-state index contributed by atoms with van der Waals surface area (Å²) in [6.45, 7) is 2.15. The van der Waals surface area contributed by atoms with Crippen LogP contribution in [0.5, 0.6) is 0 Å². The van der Waals surface area contributed by atoms with Crippen molar-refractivity contribution in [3.05, 3.63) is 18.1 Å². The Kier molecular flexibility index (Phi) is 4.42. The molecule has 3 aliphatic rings. The quantitative estimate of drug-likeness (QED) is 0.830. The summed E-state index contributed by atoms with van der Waals surface area (Å²) < 4.78 is 5.10. The van der Waals surface area contributed by atoms with Gasteiger partial charge >= 0.3 is 5.97 Å². The van der Waals surface area contributed by atoms with Gasteiger partial charge in [0.1, 0.15) is 17.7 Å². The number of carbonyl (C=O) groups excluding carboxylic acids is 1. The van der Waals surface area contributed by atoms with Gasteiger partial charge in [-0.3, -0.25) is 4.79 Å². The van der Waals surface area contributed by atoms with E-state index >= 15 is 0 Å². The van der Waals surface area contributed by atoms with Crippen LogP contribution in [0.1, 0.15) is 23.2 Å². The molecular formula is C15H20N4O4. The largest absolute Gasteiger partial charge is 0.477 e. The first-order valence-corrected chi connectivity index (χ1v) is 7.69. The van der Waals surface area contributed by atoms with Crippen molar-refractivity contribution in [1.29, 1.82) is 0 Å². The Bertz CT molecular complexity index is 609. The SMILES string of the molecule is COCCN1C(=O)[C@@H]2CC[C@H]1CN(c1ncncc1C(=O)O)C2. The number of aromatic carboxylic acids is 1. The number of methoxy groups -OCH3 is 1. The number of nitrogens with zero attached hydrogens (tertiary/aromatic N) is 4. The number of piperidine rings is 1. The van der Waals surface area contributed by atoms with Gasteiger partial charge < -0.3 is 19.6 Å². The molecule has 2 bridgehead atoms. The van der Waals surface area contributed by atoms with E-state index in [0.717, 1.165) is 12.8 Å². The van der Waals surface area contributed by atoms with E-state index in [0.29, 0.717) is 32.1 Å². The maximum absolute atomic E-state index is 12.6. The van der Waals surface area contributed by atoms with Crippen LogP contribution in [0.4, 0.5) is 5.82 Å². The zero-order valence-corrected chi connectivity index (χ0v) is 13.0. The molecule has 124 valence electrons. The van der Waals surface area contributed by atoms with Gasteiger partial charge in [0.25, 0.3) is 0 Å². The molecule has 2 atom stereocenters. The fourth-order valence-corrected chi connectivity index (χ4v) is 3.42. The Morgan fingerprint density at radius 2 is 2.26 bits per heavy atom. The number of hydrogen-bond donors (Lipinski definition) is 1. The third-order valence-electron chi connectivity index (χ3n) is 4.55. The topological polar surface area (TPSA) is 95.9 Å². The van der Waals surface area contributed by atoms with E-state index in [-0.39, 0.29) is 23.4 Å². The molecule has 0 unspecified atom stereocenters. The highest BCUT2D eigenvalue weighted by molar-refractivity contribution is 5.93. The van der Waals surface area contributed by atoms with Gasteiger partial charge in [0.05, 0.1) is 12.5 Å².